The van der Waals surface area contributed by atoms with E-state index in [1.165, 1.54) is 5.56 Å². The van der Waals surface area contributed by atoms with Crippen LogP contribution in [0.5, 0.6) is 0 Å². The molecule has 6 nitrogen and oxygen atoms in total. The zero-order valence-electron chi connectivity index (χ0n) is 14.2. The van der Waals surface area contributed by atoms with E-state index < -0.39 is 0 Å². The fourth-order valence-corrected chi connectivity index (χ4v) is 2.55. The van der Waals surface area contributed by atoms with E-state index in [2.05, 4.69) is 26.5 Å². The van der Waals surface area contributed by atoms with E-state index in [1.807, 2.05) is 37.2 Å². The van der Waals surface area contributed by atoms with Gasteiger partial charge in [-0.05, 0) is 24.5 Å². The molecule has 24 heavy (non-hydrogen) atoms. The van der Waals surface area contributed by atoms with E-state index in [1.54, 1.807) is 18.1 Å². The predicted molar refractivity (Wildman–Crippen MR) is 109 cm³/mol. The molecule has 0 aliphatic carbocycles. The van der Waals surface area contributed by atoms with E-state index in [9.17, 15) is 0 Å². The summed E-state index contributed by atoms with van der Waals surface area (Å²) in [6.07, 6.45) is 3.49. The van der Waals surface area contributed by atoms with Crippen LogP contribution in [0.4, 0.5) is 0 Å². The third kappa shape index (κ3) is 5.94. The molecule has 2 aromatic rings. The molecule has 0 spiro atoms. The van der Waals surface area contributed by atoms with Gasteiger partial charge in [-0.15, -0.1) is 24.0 Å². The Bertz CT molecular complexity index is 658. The highest BCUT2D eigenvalue weighted by Gasteiger charge is 2.09. The summed E-state index contributed by atoms with van der Waals surface area (Å²) in [5.41, 5.74) is 1.18. The first-order chi connectivity index (χ1) is 11.1. The van der Waals surface area contributed by atoms with Gasteiger partial charge in [0.2, 0.25) is 0 Å². The summed E-state index contributed by atoms with van der Waals surface area (Å²) in [6.45, 7) is 1.49. The molecule has 0 amide bonds. The Labute approximate surface area is 165 Å². The molecule has 1 aromatic heterocycles. The zero-order valence-corrected chi connectivity index (χ0v) is 17.3. The summed E-state index contributed by atoms with van der Waals surface area (Å²) in [6, 6.07) is 7.96. The minimum absolute atomic E-state index is 0. The van der Waals surface area contributed by atoms with Crippen LogP contribution in [-0.2, 0) is 20.0 Å². The van der Waals surface area contributed by atoms with Crippen molar-refractivity contribution in [2.75, 3.05) is 20.6 Å². The Morgan fingerprint density at radius 1 is 1.38 bits per heavy atom. The number of aromatic nitrogens is 3. The van der Waals surface area contributed by atoms with Crippen LogP contribution in [-0.4, -0.2) is 46.3 Å². The van der Waals surface area contributed by atoms with Crippen LogP contribution < -0.4 is 5.32 Å². The fraction of sp³-hybridized carbons (Fsp3) is 0.438. The van der Waals surface area contributed by atoms with Gasteiger partial charge in [0.25, 0.3) is 0 Å². The maximum atomic E-state index is 6.17. The maximum Gasteiger partial charge on any atom is 0.193 e. The highest BCUT2D eigenvalue weighted by atomic mass is 127. The second-order valence-electron chi connectivity index (χ2n) is 5.32. The van der Waals surface area contributed by atoms with Crippen molar-refractivity contribution in [3.05, 3.63) is 47.0 Å². The third-order valence-corrected chi connectivity index (χ3v) is 3.99. The molecule has 132 valence electrons. The topological polar surface area (TPSA) is 58.3 Å². The first-order valence-corrected chi connectivity index (χ1v) is 7.97. The molecular formula is C16H24ClIN6. The largest absolute Gasteiger partial charge is 0.356 e. The Kier molecular flexibility index (Phi) is 9.05. The summed E-state index contributed by atoms with van der Waals surface area (Å²) >= 11 is 6.17. The Morgan fingerprint density at radius 2 is 2.12 bits per heavy atom. The second kappa shape index (κ2) is 10.5. The van der Waals surface area contributed by atoms with E-state index in [0.29, 0.717) is 6.54 Å². The predicted octanol–water partition coefficient (Wildman–Crippen LogP) is 2.73. The number of halogens is 2. The van der Waals surface area contributed by atoms with Crippen LogP contribution in [0.25, 0.3) is 0 Å². The van der Waals surface area contributed by atoms with Gasteiger partial charge in [-0.2, -0.15) is 5.10 Å². The van der Waals surface area contributed by atoms with E-state index >= 15 is 0 Å². The van der Waals surface area contributed by atoms with Gasteiger partial charge in [0.15, 0.2) is 5.96 Å². The molecule has 0 atom stereocenters. The average molecular weight is 463 g/mol. The highest BCUT2D eigenvalue weighted by Crippen LogP contribution is 2.16. The maximum absolute atomic E-state index is 6.17. The average Bonchev–Trinajstić information content (AvgIpc) is 2.94. The van der Waals surface area contributed by atoms with Gasteiger partial charge in [0.1, 0.15) is 12.2 Å². The van der Waals surface area contributed by atoms with Gasteiger partial charge >= 0.3 is 0 Å². The molecule has 0 fully saturated rings. The monoisotopic (exact) mass is 462 g/mol. The number of hydrogen-bond donors (Lipinski definition) is 1. The van der Waals surface area contributed by atoms with Crippen molar-refractivity contribution in [3.8, 4) is 0 Å². The number of aryl methyl sites for hydroxylation is 2. The van der Waals surface area contributed by atoms with Crippen molar-refractivity contribution < 1.29 is 0 Å². The summed E-state index contributed by atoms with van der Waals surface area (Å²) in [5.74, 6) is 1.73. The van der Waals surface area contributed by atoms with Gasteiger partial charge in [-0.3, -0.25) is 9.67 Å². The van der Waals surface area contributed by atoms with E-state index in [4.69, 9.17) is 11.6 Å². The fourth-order valence-electron chi connectivity index (χ4n) is 2.32. The highest BCUT2D eigenvalue weighted by molar-refractivity contribution is 14.0. The van der Waals surface area contributed by atoms with Gasteiger partial charge < -0.3 is 10.2 Å². The molecule has 0 saturated carbocycles. The standard InChI is InChI=1S/C16H23ClN6.HI/c1-18-16(22(2)11-15-20-12-21-23(15)3)19-10-6-8-13-7-4-5-9-14(13)17;/h4-5,7,9,12H,6,8,10-11H2,1-3H3,(H,18,19);1H. The van der Waals surface area contributed by atoms with Crippen molar-refractivity contribution in [1.82, 2.24) is 25.0 Å². The first kappa shape index (κ1) is 20.7. The minimum atomic E-state index is 0. The van der Waals surface area contributed by atoms with Crippen molar-refractivity contribution in [2.45, 2.75) is 19.4 Å². The summed E-state index contributed by atoms with van der Waals surface area (Å²) < 4.78 is 1.77. The normalized spacial score (nSPS) is 11.1. The Hall–Kier alpha value is -1.35. The van der Waals surface area contributed by atoms with Crippen LogP contribution in [0, 0.1) is 0 Å². The smallest absolute Gasteiger partial charge is 0.193 e. The van der Waals surface area contributed by atoms with Crippen molar-refractivity contribution in [3.63, 3.8) is 0 Å². The van der Waals surface area contributed by atoms with Crippen LogP contribution in [0.1, 0.15) is 17.8 Å². The second-order valence-corrected chi connectivity index (χ2v) is 5.73. The quantitative estimate of drug-likeness (QED) is 0.310. The zero-order chi connectivity index (χ0) is 16.7. The lowest BCUT2D eigenvalue weighted by Gasteiger charge is -2.21. The minimum Gasteiger partial charge on any atom is -0.356 e. The summed E-state index contributed by atoms with van der Waals surface area (Å²) in [5, 5.41) is 8.27. The number of benzene rings is 1. The molecule has 0 bridgehead atoms. The molecular weight excluding hydrogens is 439 g/mol. The van der Waals surface area contributed by atoms with Crippen molar-refractivity contribution in [2.24, 2.45) is 12.0 Å². The number of guanidine groups is 1. The molecule has 0 aliphatic rings. The first-order valence-electron chi connectivity index (χ1n) is 7.60. The molecule has 0 radical (unpaired) electrons. The lowest BCUT2D eigenvalue weighted by molar-refractivity contribution is 0.448. The van der Waals surface area contributed by atoms with E-state index in [-0.39, 0.29) is 24.0 Å². The Balaban J connectivity index is 0.00000288. The van der Waals surface area contributed by atoms with Crippen LogP contribution in [0.3, 0.4) is 0 Å². The number of aliphatic imine (C=N–C) groups is 1. The third-order valence-electron chi connectivity index (χ3n) is 3.62. The van der Waals surface area contributed by atoms with Crippen LogP contribution in [0.2, 0.25) is 5.02 Å². The molecule has 0 aliphatic heterocycles. The number of hydrogen-bond acceptors (Lipinski definition) is 3. The van der Waals surface area contributed by atoms with Gasteiger partial charge in [0.05, 0.1) is 6.54 Å². The molecule has 0 saturated heterocycles. The van der Waals surface area contributed by atoms with Gasteiger partial charge in [-0.25, -0.2) is 4.98 Å². The molecule has 2 rings (SSSR count). The van der Waals surface area contributed by atoms with Crippen LogP contribution in [0.15, 0.2) is 35.6 Å². The molecule has 0 unspecified atom stereocenters. The van der Waals surface area contributed by atoms with Gasteiger partial charge in [0, 0.05) is 32.7 Å². The summed E-state index contributed by atoms with van der Waals surface area (Å²) in [4.78, 5) is 10.6. The van der Waals surface area contributed by atoms with Crippen molar-refractivity contribution in [1.29, 1.82) is 0 Å². The van der Waals surface area contributed by atoms with Crippen LogP contribution >= 0.6 is 35.6 Å². The number of nitrogens with one attached hydrogen (secondary N) is 1. The molecule has 1 N–H and O–H groups in total. The number of rotatable bonds is 6. The number of nitrogens with zero attached hydrogens (tertiary/aromatic N) is 5. The Morgan fingerprint density at radius 3 is 2.75 bits per heavy atom. The lowest BCUT2D eigenvalue weighted by atomic mass is 10.1. The van der Waals surface area contributed by atoms with Crippen molar-refractivity contribution >= 4 is 41.5 Å². The van der Waals surface area contributed by atoms with E-state index in [0.717, 1.165) is 36.2 Å². The molecule has 1 heterocycles. The summed E-state index contributed by atoms with van der Waals surface area (Å²) in [7, 11) is 5.65. The SMILES string of the molecule is CN=C(NCCCc1ccccc1Cl)N(C)Cc1ncnn1C.I. The van der Waals surface area contributed by atoms with Gasteiger partial charge in [-0.1, -0.05) is 29.8 Å². The molecule has 8 heteroatoms. The lowest BCUT2D eigenvalue weighted by Crippen LogP contribution is -2.39. The molecule has 1 aromatic carbocycles.